The van der Waals surface area contributed by atoms with Crippen LogP contribution >= 0.6 is 27.7 Å². The first-order valence-electron chi connectivity index (χ1n) is 14.6. The zero-order chi connectivity index (χ0) is 32.5. The molecule has 1 atom stereocenters. The van der Waals surface area contributed by atoms with Gasteiger partial charge in [0.25, 0.3) is 11.8 Å². The molecule has 3 amide bonds. The molecular weight excluding hydrogens is 658 g/mol. The number of nitrogens with one attached hydrogen (secondary N) is 3. The fourth-order valence-electron chi connectivity index (χ4n) is 4.61. The number of thioether (sulfide) groups is 1. The molecule has 0 aromatic heterocycles. The van der Waals surface area contributed by atoms with E-state index in [1.807, 2.05) is 111 Å². The van der Waals surface area contributed by atoms with E-state index in [9.17, 15) is 14.4 Å². The largest absolute Gasteiger partial charge is 0.325 e. The first-order chi connectivity index (χ1) is 22.2. The van der Waals surface area contributed by atoms with Gasteiger partial charge in [-0.25, -0.2) is 0 Å². The molecule has 6 nitrogen and oxygen atoms in total. The molecule has 0 aliphatic heterocycles. The maximum absolute atomic E-state index is 13.6. The number of amides is 3. The van der Waals surface area contributed by atoms with Gasteiger partial charge in [0, 0.05) is 26.3 Å². The van der Waals surface area contributed by atoms with Crippen molar-refractivity contribution in [1.29, 1.82) is 0 Å². The average Bonchev–Trinajstić information content (AvgIpc) is 3.06. The highest BCUT2D eigenvalue weighted by atomic mass is 79.9. The highest BCUT2D eigenvalue weighted by molar-refractivity contribution is 9.10. The average molecular weight is 691 g/mol. The van der Waals surface area contributed by atoms with Gasteiger partial charge in [0.1, 0.15) is 10.9 Å². The molecule has 5 aromatic carbocycles. The van der Waals surface area contributed by atoms with E-state index in [0.717, 1.165) is 37.3 Å². The molecule has 5 aromatic rings. The summed E-state index contributed by atoms with van der Waals surface area (Å²) in [6.45, 7) is 4.05. The predicted molar refractivity (Wildman–Crippen MR) is 191 cm³/mol. The zero-order valence-electron chi connectivity index (χ0n) is 25.3. The van der Waals surface area contributed by atoms with Gasteiger partial charge in [-0.1, -0.05) is 88.7 Å². The third-order valence-electron chi connectivity index (χ3n) is 7.15. The van der Waals surface area contributed by atoms with Crippen LogP contribution in [0.1, 0.15) is 37.9 Å². The van der Waals surface area contributed by atoms with Crippen LogP contribution in [0.15, 0.2) is 142 Å². The summed E-state index contributed by atoms with van der Waals surface area (Å²) in [5, 5.41) is 8.21. The van der Waals surface area contributed by atoms with Gasteiger partial charge in [-0.15, -0.1) is 11.8 Å². The minimum absolute atomic E-state index is 0.0833. The zero-order valence-corrected chi connectivity index (χ0v) is 27.7. The SMILES string of the molecule is Cc1ccc(NC(=O)C(Sc2cccc(NC(=O)/C(=C\c3cccc(Br)c3)NC(=O)c3ccccc3)c2)c2ccccc2)cc1C. The van der Waals surface area contributed by atoms with Crippen LogP contribution in [0.25, 0.3) is 6.08 Å². The van der Waals surface area contributed by atoms with Crippen LogP contribution < -0.4 is 16.0 Å². The smallest absolute Gasteiger partial charge is 0.272 e. The van der Waals surface area contributed by atoms with Crippen LogP contribution in [0.5, 0.6) is 0 Å². The van der Waals surface area contributed by atoms with Crippen molar-refractivity contribution in [3.05, 3.63) is 165 Å². The van der Waals surface area contributed by atoms with Gasteiger partial charge < -0.3 is 16.0 Å². The molecule has 0 bridgehead atoms. The summed E-state index contributed by atoms with van der Waals surface area (Å²) < 4.78 is 0.842. The lowest BCUT2D eigenvalue weighted by Gasteiger charge is -2.18. The van der Waals surface area contributed by atoms with Crippen LogP contribution in [0.3, 0.4) is 0 Å². The van der Waals surface area contributed by atoms with Gasteiger partial charge in [-0.2, -0.15) is 0 Å². The van der Waals surface area contributed by atoms with E-state index in [0.29, 0.717) is 11.3 Å². The molecule has 3 N–H and O–H groups in total. The van der Waals surface area contributed by atoms with Crippen molar-refractivity contribution >= 4 is 62.9 Å². The molecule has 0 radical (unpaired) electrons. The lowest BCUT2D eigenvalue weighted by molar-refractivity contribution is -0.116. The number of anilines is 2. The van der Waals surface area contributed by atoms with Crippen LogP contribution in [0.2, 0.25) is 0 Å². The van der Waals surface area contributed by atoms with Crippen LogP contribution in [-0.4, -0.2) is 17.7 Å². The van der Waals surface area contributed by atoms with Crippen LogP contribution in [0.4, 0.5) is 11.4 Å². The molecule has 0 saturated carbocycles. The van der Waals surface area contributed by atoms with E-state index in [1.54, 1.807) is 36.4 Å². The third-order valence-corrected chi connectivity index (χ3v) is 8.89. The van der Waals surface area contributed by atoms with Gasteiger partial charge in [-0.3, -0.25) is 14.4 Å². The molecule has 8 heteroatoms. The Balaban J connectivity index is 1.38. The number of aryl methyl sites for hydroxylation is 2. The van der Waals surface area contributed by atoms with Crippen LogP contribution in [-0.2, 0) is 9.59 Å². The lowest BCUT2D eigenvalue weighted by atomic mass is 10.1. The van der Waals surface area contributed by atoms with Gasteiger partial charge in [0.2, 0.25) is 5.91 Å². The monoisotopic (exact) mass is 689 g/mol. The van der Waals surface area contributed by atoms with Crippen molar-refractivity contribution in [1.82, 2.24) is 5.32 Å². The molecule has 0 saturated heterocycles. The Hall–Kier alpha value is -4.92. The fourth-order valence-corrected chi connectivity index (χ4v) is 6.12. The molecule has 230 valence electrons. The summed E-state index contributed by atoms with van der Waals surface area (Å²) in [5.41, 5.74) is 5.60. The molecule has 46 heavy (non-hydrogen) atoms. The van der Waals surface area contributed by atoms with Gasteiger partial charge in [-0.05, 0) is 96.8 Å². The van der Waals surface area contributed by atoms with Gasteiger partial charge >= 0.3 is 0 Å². The predicted octanol–water partition coefficient (Wildman–Crippen LogP) is 8.95. The van der Waals surface area contributed by atoms with Crippen molar-refractivity contribution in [2.45, 2.75) is 24.0 Å². The number of carbonyl (C=O) groups is 3. The summed E-state index contributed by atoms with van der Waals surface area (Å²) in [4.78, 5) is 41.1. The fraction of sp³-hybridized carbons (Fsp3) is 0.0789. The first kappa shape index (κ1) is 32.5. The molecule has 0 spiro atoms. The van der Waals surface area contributed by atoms with Crippen molar-refractivity contribution in [3.63, 3.8) is 0 Å². The standard InChI is InChI=1S/C38H32BrN3O3S/c1-25-19-20-32(21-26(25)2)41-38(45)35(28-12-5-3-6-13-28)46-33-18-10-17-31(24-33)40-37(44)34(23-27-11-9-16-30(39)22-27)42-36(43)29-14-7-4-8-15-29/h3-24,35H,1-2H3,(H,40,44)(H,41,45)(H,42,43)/b34-23+. The van der Waals surface area contributed by atoms with Crippen molar-refractivity contribution in [2.24, 2.45) is 0 Å². The Morgan fingerprint density at radius 3 is 2.11 bits per heavy atom. The minimum Gasteiger partial charge on any atom is -0.325 e. The molecule has 0 aliphatic rings. The molecule has 0 heterocycles. The first-order valence-corrected chi connectivity index (χ1v) is 16.3. The Kier molecular flexibility index (Phi) is 10.9. The van der Waals surface area contributed by atoms with E-state index >= 15 is 0 Å². The Bertz CT molecular complexity index is 1890. The number of hydrogen-bond acceptors (Lipinski definition) is 4. The molecule has 0 aliphatic carbocycles. The number of halogens is 1. The maximum Gasteiger partial charge on any atom is 0.272 e. The second kappa shape index (κ2) is 15.4. The van der Waals surface area contributed by atoms with Crippen molar-refractivity contribution in [3.8, 4) is 0 Å². The molecule has 1 unspecified atom stereocenters. The number of carbonyl (C=O) groups excluding carboxylic acids is 3. The number of rotatable bonds is 10. The highest BCUT2D eigenvalue weighted by Gasteiger charge is 2.23. The third kappa shape index (κ3) is 8.84. The molecular formula is C38H32BrN3O3S. The van der Waals surface area contributed by atoms with E-state index in [1.165, 1.54) is 11.8 Å². The Morgan fingerprint density at radius 1 is 0.696 bits per heavy atom. The maximum atomic E-state index is 13.6. The van der Waals surface area contributed by atoms with E-state index in [2.05, 4.69) is 31.9 Å². The summed E-state index contributed by atoms with van der Waals surface area (Å²) in [5.74, 6) is -1.04. The van der Waals surface area contributed by atoms with E-state index in [-0.39, 0.29) is 11.6 Å². The van der Waals surface area contributed by atoms with Crippen molar-refractivity contribution in [2.75, 3.05) is 10.6 Å². The second-order valence-corrected chi connectivity index (χ2v) is 12.7. The quantitative estimate of drug-likeness (QED) is 0.101. The highest BCUT2D eigenvalue weighted by Crippen LogP contribution is 2.37. The summed E-state index contributed by atoms with van der Waals surface area (Å²) >= 11 is 4.85. The van der Waals surface area contributed by atoms with Crippen LogP contribution in [0, 0.1) is 13.8 Å². The van der Waals surface area contributed by atoms with Gasteiger partial charge in [0.15, 0.2) is 0 Å². The molecule has 0 fully saturated rings. The van der Waals surface area contributed by atoms with E-state index < -0.39 is 17.1 Å². The Labute approximate surface area is 281 Å². The minimum atomic E-state index is -0.550. The number of hydrogen-bond donors (Lipinski definition) is 3. The normalized spacial score (nSPS) is 11.8. The molecule has 5 rings (SSSR count). The topological polar surface area (TPSA) is 87.3 Å². The Morgan fingerprint density at radius 2 is 1.39 bits per heavy atom. The lowest BCUT2D eigenvalue weighted by Crippen LogP contribution is -2.30. The van der Waals surface area contributed by atoms with E-state index in [4.69, 9.17) is 0 Å². The number of benzene rings is 5. The summed E-state index contributed by atoms with van der Waals surface area (Å²) in [6, 6.07) is 38.9. The van der Waals surface area contributed by atoms with Gasteiger partial charge in [0.05, 0.1) is 0 Å². The van der Waals surface area contributed by atoms with Crippen molar-refractivity contribution < 1.29 is 14.4 Å². The second-order valence-electron chi connectivity index (χ2n) is 10.6. The summed E-state index contributed by atoms with van der Waals surface area (Å²) in [7, 11) is 0. The summed E-state index contributed by atoms with van der Waals surface area (Å²) in [6.07, 6.45) is 1.63.